The molecule has 0 atom stereocenters. The summed E-state index contributed by atoms with van der Waals surface area (Å²) in [6, 6.07) is 3.76. The third-order valence-electron chi connectivity index (χ3n) is 2.12. The molecule has 114 valence electrons. The van der Waals surface area contributed by atoms with E-state index in [2.05, 4.69) is 10.1 Å². The molecule has 8 nitrogen and oxygen atoms in total. The number of anilines is 1. The van der Waals surface area contributed by atoms with Gasteiger partial charge in [0, 0.05) is 5.02 Å². The van der Waals surface area contributed by atoms with Gasteiger partial charge < -0.3 is 19.9 Å². The van der Waals surface area contributed by atoms with Crippen molar-refractivity contribution in [2.45, 2.75) is 0 Å². The van der Waals surface area contributed by atoms with Crippen molar-refractivity contribution in [1.29, 1.82) is 0 Å². The average Bonchev–Trinajstić information content (AvgIpc) is 2.38. The fourth-order valence-corrected chi connectivity index (χ4v) is 1.50. The number of imide groups is 1. The van der Waals surface area contributed by atoms with Gasteiger partial charge in [0.25, 0.3) is 5.91 Å². The highest BCUT2D eigenvalue weighted by atomic mass is 35.5. The van der Waals surface area contributed by atoms with Crippen LogP contribution >= 0.6 is 11.6 Å². The molecule has 0 fully saturated rings. The van der Waals surface area contributed by atoms with E-state index >= 15 is 0 Å². The van der Waals surface area contributed by atoms with E-state index in [1.807, 2.05) is 5.32 Å². The standard InChI is InChI=1S/C12H13ClN2O6/c1-20-9-3-2-7(13)4-8(9)14-12(19)15-10(16)5-21-6-11(17)18/h2-4H,5-6H2,1H3,(H,17,18)(H2,14,15,16,19). The van der Waals surface area contributed by atoms with Gasteiger partial charge in [-0.25, -0.2) is 9.59 Å². The minimum atomic E-state index is -1.21. The molecule has 0 saturated carbocycles. The number of carboxylic acid groups (broad SMARTS) is 1. The average molecular weight is 317 g/mol. The number of carbonyl (C=O) groups excluding carboxylic acids is 2. The minimum Gasteiger partial charge on any atom is -0.495 e. The Balaban J connectivity index is 2.52. The second-order valence-corrected chi connectivity index (χ2v) is 4.17. The Kier molecular flexibility index (Phi) is 6.44. The maximum Gasteiger partial charge on any atom is 0.329 e. The summed E-state index contributed by atoms with van der Waals surface area (Å²) in [5, 5.41) is 13.0. The van der Waals surface area contributed by atoms with Gasteiger partial charge in [0.05, 0.1) is 12.8 Å². The Bertz CT molecular complexity index is 549. The molecule has 0 spiro atoms. The Morgan fingerprint density at radius 1 is 1.29 bits per heavy atom. The van der Waals surface area contributed by atoms with Crippen molar-refractivity contribution in [3.63, 3.8) is 0 Å². The van der Waals surface area contributed by atoms with Crippen LogP contribution in [0.5, 0.6) is 5.75 Å². The second kappa shape index (κ2) is 8.08. The molecule has 0 aliphatic heterocycles. The van der Waals surface area contributed by atoms with Gasteiger partial charge in [-0.2, -0.15) is 0 Å². The van der Waals surface area contributed by atoms with Gasteiger partial charge in [-0.1, -0.05) is 11.6 Å². The molecule has 3 amide bonds. The summed E-state index contributed by atoms with van der Waals surface area (Å²) in [6.45, 7) is -1.18. The van der Waals surface area contributed by atoms with E-state index in [0.29, 0.717) is 10.8 Å². The lowest BCUT2D eigenvalue weighted by Crippen LogP contribution is -2.37. The SMILES string of the molecule is COc1ccc(Cl)cc1NC(=O)NC(=O)COCC(=O)O. The summed E-state index contributed by atoms with van der Waals surface area (Å²) in [5.41, 5.74) is 0.279. The molecule has 1 aromatic carbocycles. The van der Waals surface area contributed by atoms with Crippen LogP contribution in [0, 0.1) is 0 Å². The van der Waals surface area contributed by atoms with E-state index in [4.69, 9.17) is 21.4 Å². The molecule has 0 unspecified atom stereocenters. The highest BCUT2D eigenvalue weighted by Crippen LogP contribution is 2.27. The number of carboxylic acids is 1. The molecular formula is C12H13ClN2O6. The van der Waals surface area contributed by atoms with E-state index in [9.17, 15) is 14.4 Å². The lowest BCUT2D eigenvalue weighted by atomic mass is 10.3. The number of ether oxygens (including phenoxy) is 2. The van der Waals surface area contributed by atoms with Crippen molar-refractivity contribution in [1.82, 2.24) is 5.32 Å². The molecule has 0 aromatic heterocycles. The monoisotopic (exact) mass is 316 g/mol. The summed E-state index contributed by atoms with van der Waals surface area (Å²) in [4.78, 5) is 33.1. The van der Waals surface area contributed by atoms with Crippen LogP contribution in [0.3, 0.4) is 0 Å². The van der Waals surface area contributed by atoms with Gasteiger partial charge in [0.1, 0.15) is 19.0 Å². The maximum atomic E-state index is 11.6. The first-order valence-electron chi connectivity index (χ1n) is 5.66. The Morgan fingerprint density at radius 2 is 2.00 bits per heavy atom. The molecule has 0 aliphatic rings. The molecule has 0 saturated heterocycles. The minimum absolute atomic E-state index is 0.279. The van der Waals surface area contributed by atoms with Crippen molar-refractivity contribution in [3.8, 4) is 5.75 Å². The van der Waals surface area contributed by atoms with Gasteiger partial charge in [0.15, 0.2) is 0 Å². The van der Waals surface area contributed by atoms with E-state index in [1.165, 1.54) is 13.2 Å². The van der Waals surface area contributed by atoms with Crippen LogP contribution in [-0.4, -0.2) is 43.3 Å². The number of carbonyl (C=O) groups is 3. The number of hydrogen-bond acceptors (Lipinski definition) is 5. The first-order valence-corrected chi connectivity index (χ1v) is 6.04. The normalized spacial score (nSPS) is 9.81. The van der Waals surface area contributed by atoms with Crippen molar-refractivity contribution >= 4 is 35.2 Å². The van der Waals surface area contributed by atoms with Crippen LogP contribution in [0.15, 0.2) is 18.2 Å². The third-order valence-corrected chi connectivity index (χ3v) is 2.36. The van der Waals surface area contributed by atoms with Gasteiger partial charge in [-0.05, 0) is 18.2 Å². The number of amides is 3. The molecule has 1 aromatic rings. The van der Waals surface area contributed by atoms with Crippen molar-refractivity contribution < 1.29 is 29.0 Å². The molecule has 3 N–H and O–H groups in total. The predicted molar refractivity (Wildman–Crippen MR) is 73.6 cm³/mol. The summed E-state index contributed by atoms with van der Waals surface area (Å²) in [5.74, 6) is -1.63. The molecule has 9 heteroatoms. The van der Waals surface area contributed by atoms with Crippen LogP contribution in [0.2, 0.25) is 5.02 Å². The predicted octanol–water partition coefficient (Wildman–Crippen LogP) is 1.10. The molecule has 0 aliphatic carbocycles. The highest BCUT2D eigenvalue weighted by molar-refractivity contribution is 6.31. The molecule has 0 bridgehead atoms. The van der Waals surface area contributed by atoms with Crippen LogP contribution < -0.4 is 15.4 Å². The second-order valence-electron chi connectivity index (χ2n) is 3.73. The van der Waals surface area contributed by atoms with Gasteiger partial charge in [0.2, 0.25) is 0 Å². The summed E-state index contributed by atoms with van der Waals surface area (Å²) < 4.78 is 9.56. The van der Waals surface area contributed by atoms with Gasteiger partial charge in [-0.15, -0.1) is 0 Å². The van der Waals surface area contributed by atoms with Crippen LogP contribution in [0.4, 0.5) is 10.5 Å². The zero-order valence-electron chi connectivity index (χ0n) is 11.0. The summed E-state index contributed by atoms with van der Waals surface area (Å²) in [7, 11) is 1.41. The van der Waals surface area contributed by atoms with E-state index in [0.717, 1.165) is 0 Å². The van der Waals surface area contributed by atoms with E-state index < -0.39 is 31.1 Å². The lowest BCUT2D eigenvalue weighted by molar-refractivity contribution is -0.143. The van der Waals surface area contributed by atoms with E-state index in [1.54, 1.807) is 12.1 Å². The molecule has 1 rings (SSSR count). The number of aliphatic carboxylic acids is 1. The first kappa shape index (κ1) is 16.7. The smallest absolute Gasteiger partial charge is 0.329 e. The number of rotatable bonds is 6. The Labute approximate surface area is 125 Å². The molecule has 0 heterocycles. The number of methoxy groups -OCH3 is 1. The zero-order valence-corrected chi connectivity index (χ0v) is 11.8. The summed E-state index contributed by atoms with van der Waals surface area (Å²) >= 11 is 5.79. The van der Waals surface area contributed by atoms with Crippen LogP contribution in [0.1, 0.15) is 0 Å². The molecular weight excluding hydrogens is 304 g/mol. The number of nitrogens with one attached hydrogen (secondary N) is 2. The molecule has 0 radical (unpaired) electrons. The van der Waals surface area contributed by atoms with Crippen molar-refractivity contribution in [2.75, 3.05) is 25.6 Å². The van der Waals surface area contributed by atoms with Gasteiger partial charge >= 0.3 is 12.0 Å². The van der Waals surface area contributed by atoms with Crippen LogP contribution in [0.25, 0.3) is 0 Å². The molecule has 21 heavy (non-hydrogen) atoms. The zero-order chi connectivity index (χ0) is 15.8. The topological polar surface area (TPSA) is 114 Å². The number of halogens is 1. The fourth-order valence-electron chi connectivity index (χ4n) is 1.33. The van der Waals surface area contributed by atoms with E-state index in [-0.39, 0.29) is 5.69 Å². The number of urea groups is 1. The lowest BCUT2D eigenvalue weighted by Gasteiger charge is -2.11. The van der Waals surface area contributed by atoms with Crippen LogP contribution in [-0.2, 0) is 14.3 Å². The fraction of sp³-hybridized carbons (Fsp3) is 0.250. The third kappa shape index (κ3) is 6.11. The highest BCUT2D eigenvalue weighted by Gasteiger charge is 2.11. The first-order chi connectivity index (χ1) is 9.92. The number of hydrogen-bond donors (Lipinski definition) is 3. The number of benzene rings is 1. The largest absolute Gasteiger partial charge is 0.495 e. The quantitative estimate of drug-likeness (QED) is 0.724. The van der Waals surface area contributed by atoms with Crippen molar-refractivity contribution in [3.05, 3.63) is 23.2 Å². The van der Waals surface area contributed by atoms with Crippen molar-refractivity contribution in [2.24, 2.45) is 0 Å². The summed E-state index contributed by atoms with van der Waals surface area (Å²) in [6.07, 6.45) is 0. The van der Waals surface area contributed by atoms with Gasteiger partial charge in [-0.3, -0.25) is 10.1 Å². The Hall–Kier alpha value is -2.32. The maximum absolute atomic E-state index is 11.6. The Morgan fingerprint density at radius 3 is 2.62 bits per heavy atom.